The maximum absolute atomic E-state index is 11.0. The monoisotopic (exact) mass is 242 g/mol. The van der Waals surface area contributed by atoms with Crippen LogP contribution in [0.25, 0.3) is 0 Å². The molecule has 0 fully saturated rings. The molecule has 18 heavy (non-hydrogen) atoms. The van der Waals surface area contributed by atoms with Crippen LogP contribution >= 0.6 is 0 Å². The van der Waals surface area contributed by atoms with Crippen molar-refractivity contribution in [3.05, 3.63) is 59.2 Å². The van der Waals surface area contributed by atoms with E-state index in [4.69, 9.17) is 9.84 Å². The van der Waals surface area contributed by atoms with Crippen LogP contribution in [0.15, 0.2) is 42.5 Å². The first kappa shape index (κ1) is 12.2. The molecule has 0 aromatic heterocycles. The Hall–Kier alpha value is -2.29. The van der Waals surface area contributed by atoms with Crippen LogP contribution in [0.2, 0.25) is 0 Å². The second kappa shape index (κ2) is 4.92. The number of hydrogen-bond acceptors (Lipinski definition) is 2. The van der Waals surface area contributed by atoms with E-state index in [1.54, 1.807) is 19.1 Å². The van der Waals surface area contributed by atoms with E-state index in [-0.39, 0.29) is 5.56 Å². The molecule has 0 unspecified atom stereocenters. The van der Waals surface area contributed by atoms with Crippen LogP contribution in [0.1, 0.15) is 21.5 Å². The Morgan fingerprint density at radius 2 is 1.61 bits per heavy atom. The zero-order chi connectivity index (χ0) is 13.1. The van der Waals surface area contributed by atoms with Gasteiger partial charge in [0.2, 0.25) is 0 Å². The number of ether oxygens (including phenoxy) is 1. The summed E-state index contributed by atoms with van der Waals surface area (Å²) in [7, 11) is 0. The molecule has 0 atom stereocenters. The van der Waals surface area contributed by atoms with Gasteiger partial charge in [-0.1, -0.05) is 23.8 Å². The van der Waals surface area contributed by atoms with Gasteiger partial charge in [-0.05, 0) is 43.7 Å². The first-order valence-electron chi connectivity index (χ1n) is 5.65. The number of carbonyl (C=O) groups is 1. The summed E-state index contributed by atoms with van der Waals surface area (Å²) in [6.45, 7) is 3.76. The standard InChI is InChI=1S/C15H14O3/c1-10-3-6-12(7-4-10)18-13-8-5-11(2)14(9-13)15(16)17/h3-9H,1-2H3,(H,16,17). The molecular formula is C15H14O3. The van der Waals surface area contributed by atoms with E-state index in [9.17, 15) is 4.79 Å². The summed E-state index contributed by atoms with van der Waals surface area (Å²) in [4.78, 5) is 11.0. The van der Waals surface area contributed by atoms with E-state index < -0.39 is 5.97 Å². The number of aromatic carboxylic acids is 1. The highest BCUT2D eigenvalue weighted by atomic mass is 16.5. The van der Waals surface area contributed by atoms with E-state index in [0.29, 0.717) is 11.5 Å². The van der Waals surface area contributed by atoms with E-state index >= 15 is 0 Å². The lowest BCUT2D eigenvalue weighted by molar-refractivity contribution is 0.0695. The Morgan fingerprint density at radius 3 is 2.22 bits per heavy atom. The van der Waals surface area contributed by atoms with Gasteiger partial charge in [-0.25, -0.2) is 4.79 Å². The first-order valence-corrected chi connectivity index (χ1v) is 5.65. The van der Waals surface area contributed by atoms with Crippen molar-refractivity contribution in [3.63, 3.8) is 0 Å². The van der Waals surface area contributed by atoms with Crippen LogP contribution in [0, 0.1) is 13.8 Å². The summed E-state index contributed by atoms with van der Waals surface area (Å²) in [6, 6.07) is 12.7. The highest BCUT2D eigenvalue weighted by Crippen LogP contribution is 2.24. The third-order valence-corrected chi connectivity index (χ3v) is 2.70. The average molecular weight is 242 g/mol. The maximum atomic E-state index is 11.0. The van der Waals surface area contributed by atoms with Gasteiger partial charge in [-0.15, -0.1) is 0 Å². The molecular weight excluding hydrogens is 228 g/mol. The van der Waals surface area contributed by atoms with Gasteiger partial charge in [-0.2, -0.15) is 0 Å². The maximum Gasteiger partial charge on any atom is 0.336 e. The van der Waals surface area contributed by atoms with Gasteiger partial charge in [0.25, 0.3) is 0 Å². The third-order valence-electron chi connectivity index (χ3n) is 2.70. The van der Waals surface area contributed by atoms with Crippen LogP contribution in [0.4, 0.5) is 0 Å². The van der Waals surface area contributed by atoms with Crippen molar-refractivity contribution in [2.45, 2.75) is 13.8 Å². The van der Waals surface area contributed by atoms with Crippen LogP contribution in [-0.4, -0.2) is 11.1 Å². The van der Waals surface area contributed by atoms with E-state index in [1.807, 2.05) is 31.2 Å². The predicted octanol–water partition coefficient (Wildman–Crippen LogP) is 3.79. The summed E-state index contributed by atoms with van der Waals surface area (Å²) in [5, 5.41) is 9.04. The molecule has 1 N–H and O–H groups in total. The fourth-order valence-electron chi connectivity index (χ4n) is 1.64. The second-order valence-corrected chi connectivity index (χ2v) is 4.20. The Morgan fingerprint density at radius 1 is 1.00 bits per heavy atom. The van der Waals surface area contributed by atoms with Crippen LogP contribution in [0.3, 0.4) is 0 Å². The molecule has 2 aromatic rings. The zero-order valence-corrected chi connectivity index (χ0v) is 10.3. The Kier molecular flexibility index (Phi) is 3.33. The van der Waals surface area contributed by atoms with Gasteiger partial charge in [0, 0.05) is 0 Å². The van der Waals surface area contributed by atoms with Crippen molar-refractivity contribution in [2.75, 3.05) is 0 Å². The second-order valence-electron chi connectivity index (χ2n) is 4.20. The van der Waals surface area contributed by atoms with E-state index in [0.717, 1.165) is 11.1 Å². The summed E-state index contributed by atoms with van der Waals surface area (Å²) in [5.41, 5.74) is 2.14. The third kappa shape index (κ3) is 2.69. The van der Waals surface area contributed by atoms with Gasteiger partial charge in [0.1, 0.15) is 11.5 Å². The molecule has 0 aliphatic heterocycles. The quantitative estimate of drug-likeness (QED) is 0.890. The molecule has 92 valence electrons. The van der Waals surface area contributed by atoms with Crippen molar-refractivity contribution in [2.24, 2.45) is 0 Å². The largest absolute Gasteiger partial charge is 0.478 e. The van der Waals surface area contributed by atoms with Crippen LogP contribution in [-0.2, 0) is 0 Å². The Balaban J connectivity index is 2.27. The smallest absolute Gasteiger partial charge is 0.336 e. The highest BCUT2D eigenvalue weighted by Gasteiger charge is 2.08. The number of carboxylic acid groups (broad SMARTS) is 1. The van der Waals surface area contributed by atoms with Crippen molar-refractivity contribution < 1.29 is 14.6 Å². The topological polar surface area (TPSA) is 46.5 Å². The molecule has 3 nitrogen and oxygen atoms in total. The number of aryl methyl sites for hydroxylation is 2. The molecule has 3 heteroatoms. The molecule has 0 aliphatic carbocycles. The fraction of sp³-hybridized carbons (Fsp3) is 0.133. The minimum Gasteiger partial charge on any atom is -0.478 e. The SMILES string of the molecule is Cc1ccc(Oc2ccc(C)c(C(=O)O)c2)cc1. The molecule has 0 aliphatic rings. The Bertz CT molecular complexity index is 571. The zero-order valence-electron chi connectivity index (χ0n) is 10.3. The number of hydrogen-bond donors (Lipinski definition) is 1. The van der Waals surface area contributed by atoms with Crippen molar-refractivity contribution in [1.82, 2.24) is 0 Å². The average Bonchev–Trinajstić information content (AvgIpc) is 2.34. The number of carboxylic acids is 1. The van der Waals surface area contributed by atoms with Gasteiger partial charge in [0.05, 0.1) is 5.56 Å². The fourth-order valence-corrected chi connectivity index (χ4v) is 1.64. The van der Waals surface area contributed by atoms with Crippen molar-refractivity contribution in [3.8, 4) is 11.5 Å². The molecule has 0 bridgehead atoms. The molecule has 2 aromatic carbocycles. The molecule has 0 amide bonds. The predicted molar refractivity (Wildman–Crippen MR) is 69.4 cm³/mol. The van der Waals surface area contributed by atoms with Crippen molar-refractivity contribution in [1.29, 1.82) is 0 Å². The van der Waals surface area contributed by atoms with Gasteiger partial charge < -0.3 is 9.84 Å². The molecule has 0 radical (unpaired) electrons. The van der Waals surface area contributed by atoms with Gasteiger partial charge in [0.15, 0.2) is 0 Å². The highest BCUT2D eigenvalue weighted by molar-refractivity contribution is 5.89. The van der Waals surface area contributed by atoms with Gasteiger partial charge in [-0.3, -0.25) is 0 Å². The minimum absolute atomic E-state index is 0.264. The van der Waals surface area contributed by atoms with E-state index in [2.05, 4.69) is 0 Å². The van der Waals surface area contributed by atoms with Crippen LogP contribution in [0.5, 0.6) is 11.5 Å². The van der Waals surface area contributed by atoms with Gasteiger partial charge >= 0.3 is 5.97 Å². The molecule has 0 spiro atoms. The minimum atomic E-state index is -0.943. The lowest BCUT2D eigenvalue weighted by Gasteiger charge is -2.08. The van der Waals surface area contributed by atoms with Crippen LogP contribution < -0.4 is 4.74 Å². The summed E-state index contributed by atoms with van der Waals surface area (Å²) >= 11 is 0. The molecule has 0 saturated carbocycles. The molecule has 2 rings (SSSR count). The number of benzene rings is 2. The van der Waals surface area contributed by atoms with Crippen molar-refractivity contribution >= 4 is 5.97 Å². The lowest BCUT2D eigenvalue weighted by atomic mass is 10.1. The lowest BCUT2D eigenvalue weighted by Crippen LogP contribution is -1.99. The normalized spacial score (nSPS) is 10.1. The summed E-state index contributed by atoms with van der Waals surface area (Å²) < 4.78 is 5.62. The molecule has 0 saturated heterocycles. The Labute approximate surface area is 106 Å². The summed E-state index contributed by atoms with van der Waals surface area (Å²) in [5.74, 6) is 0.282. The number of rotatable bonds is 3. The first-order chi connectivity index (χ1) is 8.56. The molecule has 0 heterocycles. The van der Waals surface area contributed by atoms with E-state index in [1.165, 1.54) is 6.07 Å². The summed E-state index contributed by atoms with van der Waals surface area (Å²) in [6.07, 6.45) is 0.